The molecule has 0 atom stereocenters. The summed E-state index contributed by atoms with van der Waals surface area (Å²) in [6, 6.07) is 15.3. The molecule has 24 heavy (non-hydrogen) atoms. The van der Waals surface area contributed by atoms with E-state index in [4.69, 9.17) is 10.5 Å². The van der Waals surface area contributed by atoms with Gasteiger partial charge >= 0.3 is 0 Å². The van der Waals surface area contributed by atoms with E-state index in [1.807, 2.05) is 18.2 Å². The molecule has 0 aromatic heterocycles. The first-order chi connectivity index (χ1) is 11.5. The van der Waals surface area contributed by atoms with Crippen LogP contribution in [0.1, 0.15) is 41.8 Å². The van der Waals surface area contributed by atoms with Crippen LogP contribution in [-0.2, 0) is 13.2 Å². The monoisotopic (exact) mass is 326 g/mol. The van der Waals surface area contributed by atoms with Gasteiger partial charge in [-0.1, -0.05) is 44.2 Å². The van der Waals surface area contributed by atoms with Crippen molar-refractivity contribution in [2.75, 3.05) is 6.54 Å². The van der Waals surface area contributed by atoms with E-state index in [9.17, 15) is 4.79 Å². The van der Waals surface area contributed by atoms with Gasteiger partial charge in [0.1, 0.15) is 12.4 Å². The molecule has 128 valence electrons. The molecule has 0 bridgehead atoms. The Balaban J connectivity index is 1.87. The fourth-order valence-corrected chi connectivity index (χ4v) is 2.36. The zero-order chi connectivity index (χ0) is 17.4. The lowest BCUT2D eigenvalue weighted by molar-refractivity contribution is 0.1000. The van der Waals surface area contributed by atoms with Gasteiger partial charge < -0.3 is 15.8 Å². The van der Waals surface area contributed by atoms with Crippen LogP contribution in [-0.4, -0.2) is 12.5 Å². The summed E-state index contributed by atoms with van der Waals surface area (Å²) >= 11 is 0. The number of nitrogens with two attached hydrogens (primary N) is 1. The first-order valence-electron chi connectivity index (χ1n) is 8.36. The fraction of sp³-hybridized carbons (Fsp3) is 0.350. The highest BCUT2D eigenvalue weighted by molar-refractivity contribution is 5.93. The molecule has 4 nitrogen and oxygen atoms in total. The van der Waals surface area contributed by atoms with Crippen LogP contribution in [0.2, 0.25) is 0 Å². The summed E-state index contributed by atoms with van der Waals surface area (Å²) in [5.41, 5.74) is 8.08. The Labute approximate surface area is 144 Å². The smallest absolute Gasteiger partial charge is 0.248 e. The SMILES string of the molecule is CC(C)CCNCc1cccc(COc2cccc(C(N)=O)c2)c1. The molecule has 2 rings (SSSR count). The van der Waals surface area contributed by atoms with Crippen LogP contribution in [0.15, 0.2) is 48.5 Å². The number of hydrogen-bond donors (Lipinski definition) is 2. The van der Waals surface area contributed by atoms with Gasteiger partial charge in [-0.25, -0.2) is 0 Å². The Kier molecular flexibility index (Phi) is 6.82. The first-order valence-corrected chi connectivity index (χ1v) is 8.36. The fourth-order valence-electron chi connectivity index (χ4n) is 2.36. The molecule has 2 aromatic rings. The van der Waals surface area contributed by atoms with Crippen molar-refractivity contribution in [1.82, 2.24) is 5.32 Å². The molecular weight excluding hydrogens is 300 g/mol. The van der Waals surface area contributed by atoms with Gasteiger partial charge in [-0.3, -0.25) is 4.79 Å². The van der Waals surface area contributed by atoms with Gasteiger partial charge in [0.2, 0.25) is 5.91 Å². The van der Waals surface area contributed by atoms with Gasteiger partial charge in [0.15, 0.2) is 0 Å². The van der Waals surface area contributed by atoms with Crippen LogP contribution < -0.4 is 15.8 Å². The number of primary amides is 1. The summed E-state index contributed by atoms with van der Waals surface area (Å²) in [7, 11) is 0. The number of carbonyl (C=O) groups excluding carboxylic acids is 1. The van der Waals surface area contributed by atoms with E-state index in [-0.39, 0.29) is 0 Å². The number of carbonyl (C=O) groups is 1. The quantitative estimate of drug-likeness (QED) is 0.693. The van der Waals surface area contributed by atoms with E-state index in [0.29, 0.717) is 23.8 Å². The van der Waals surface area contributed by atoms with Gasteiger partial charge in [0, 0.05) is 12.1 Å². The second-order valence-electron chi connectivity index (χ2n) is 6.36. The first kappa shape index (κ1) is 18.0. The molecule has 0 saturated carbocycles. The summed E-state index contributed by atoms with van der Waals surface area (Å²) < 4.78 is 5.77. The Bertz CT molecular complexity index is 668. The van der Waals surface area contributed by atoms with E-state index in [1.54, 1.807) is 18.2 Å². The van der Waals surface area contributed by atoms with Crippen molar-refractivity contribution < 1.29 is 9.53 Å². The largest absolute Gasteiger partial charge is 0.489 e. The van der Waals surface area contributed by atoms with Gasteiger partial charge in [-0.15, -0.1) is 0 Å². The minimum Gasteiger partial charge on any atom is -0.489 e. The zero-order valence-electron chi connectivity index (χ0n) is 14.4. The molecule has 0 fully saturated rings. The highest BCUT2D eigenvalue weighted by Gasteiger charge is 2.03. The number of amides is 1. The standard InChI is InChI=1S/C20H26N2O2/c1-15(2)9-10-22-13-16-5-3-6-17(11-16)14-24-19-8-4-7-18(12-19)20(21)23/h3-8,11-12,15,22H,9-10,13-14H2,1-2H3,(H2,21,23). The molecule has 0 spiro atoms. The van der Waals surface area contributed by atoms with Crippen LogP contribution in [0.3, 0.4) is 0 Å². The zero-order valence-corrected chi connectivity index (χ0v) is 14.4. The molecule has 1 amide bonds. The lowest BCUT2D eigenvalue weighted by atomic mass is 10.1. The molecule has 0 saturated heterocycles. The van der Waals surface area contributed by atoms with Crippen LogP contribution in [0.4, 0.5) is 0 Å². The van der Waals surface area contributed by atoms with Crippen molar-refractivity contribution >= 4 is 5.91 Å². The third-order valence-electron chi connectivity index (χ3n) is 3.74. The Morgan fingerprint density at radius 3 is 2.62 bits per heavy atom. The number of ether oxygens (including phenoxy) is 1. The number of benzene rings is 2. The number of nitrogens with one attached hydrogen (secondary N) is 1. The summed E-state index contributed by atoms with van der Waals surface area (Å²) in [5.74, 6) is 0.912. The van der Waals surface area contributed by atoms with E-state index >= 15 is 0 Å². The van der Waals surface area contributed by atoms with Gasteiger partial charge in [-0.2, -0.15) is 0 Å². The van der Waals surface area contributed by atoms with Crippen LogP contribution in [0.5, 0.6) is 5.75 Å². The Morgan fingerprint density at radius 2 is 1.88 bits per heavy atom. The van der Waals surface area contributed by atoms with Gasteiger partial charge in [0.05, 0.1) is 0 Å². The third kappa shape index (κ3) is 6.05. The second-order valence-corrected chi connectivity index (χ2v) is 6.36. The van der Waals surface area contributed by atoms with Crippen molar-refractivity contribution in [1.29, 1.82) is 0 Å². The topological polar surface area (TPSA) is 64.3 Å². The molecule has 0 aliphatic carbocycles. The van der Waals surface area contributed by atoms with E-state index in [2.05, 4.69) is 31.3 Å². The van der Waals surface area contributed by atoms with Crippen molar-refractivity contribution in [3.63, 3.8) is 0 Å². The Hall–Kier alpha value is -2.33. The van der Waals surface area contributed by atoms with E-state index < -0.39 is 5.91 Å². The molecule has 4 heteroatoms. The molecular formula is C20H26N2O2. The van der Waals surface area contributed by atoms with Crippen LogP contribution >= 0.6 is 0 Å². The van der Waals surface area contributed by atoms with Gasteiger partial charge in [-0.05, 0) is 48.2 Å². The van der Waals surface area contributed by atoms with Crippen molar-refractivity contribution in [3.8, 4) is 5.75 Å². The number of hydrogen-bond acceptors (Lipinski definition) is 3. The lowest BCUT2D eigenvalue weighted by Crippen LogP contribution is -2.16. The molecule has 0 heterocycles. The second kappa shape index (κ2) is 9.08. The molecule has 0 unspecified atom stereocenters. The summed E-state index contributed by atoms with van der Waals surface area (Å²) in [5, 5.41) is 3.46. The summed E-state index contributed by atoms with van der Waals surface area (Å²) in [6.45, 7) is 6.80. The molecule has 2 aromatic carbocycles. The summed E-state index contributed by atoms with van der Waals surface area (Å²) in [6.07, 6.45) is 1.18. The normalized spacial score (nSPS) is 10.8. The lowest BCUT2D eigenvalue weighted by Gasteiger charge is -2.10. The Morgan fingerprint density at radius 1 is 1.12 bits per heavy atom. The van der Waals surface area contributed by atoms with Crippen molar-refractivity contribution in [2.24, 2.45) is 11.7 Å². The predicted octanol–water partition coefficient (Wildman–Crippen LogP) is 3.50. The maximum Gasteiger partial charge on any atom is 0.248 e. The minimum absolute atomic E-state index is 0.449. The van der Waals surface area contributed by atoms with E-state index in [1.165, 1.54) is 12.0 Å². The molecule has 0 aliphatic heterocycles. The minimum atomic E-state index is -0.449. The molecule has 0 aliphatic rings. The highest BCUT2D eigenvalue weighted by Crippen LogP contribution is 2.15. The third-order valence-corrected chi connectivity index (χ3v) is 3.74. The maximum atomic E-state index is 11.2. The van der Waals surface area contributed by atoms with Gasteiger partial charge in [0.25, 0.3) is 0 Å². The number of rotatable bonds is 9. The average molecular weight is 326 g/mol. The van der Waals surface area contributed by atoms with Crippen molar-refractivity contribution in [2.45, 2.75) is 33.4 Å². The van der Waals surface area contributed by atoms with Crippen LogP contribution in [0, 0.1) is 5.92 Å². The van der Waals surface area contributed by atoms with Crippen molar-refractivity contribution in [3.05, 3.63) is 65.2 Å². The molecule has 0 radical (unpaired) electrons. The highest BCUT2D eigenvalue weighted by atomic mass is 16.5. The predicted molar refractivity (Wildman–Crippen MR) is 96.9 cm³/mol. The maximum absolute atomic E-state index is 11.2. The summed E-state index contributed by atoms with van der Waals surface area (Å²) in [4.78, 5) is 11.2. The van der Waals surface area contributed by atoms with E-state index in [0.717, 1.165) is 18.7 Å². The average Bonchev–Trinajstić information content (AvgIpc) is 2.57. The molecule has 3 N–H and O–H groups in total. The van der Waals surface area contributed by atoms with Crippen LogP contribution in [0.25, 0.3) is 0 Å².